The minimum Gasteiger partial charge on any atom is -0.306 e. The largest absolute Gasteiger partial charge is 0.306 e. The molecule has 5 heteroatoms. The van der Waals surface area contributed by atoms with E-state index in [1.54, 1.807) is 13.1 Å². The van der Waals surface area contributed by atoms with Gasteiger partial charge in [-0.1, -0.05) is 0 Å². The van der Waals surface area contributed by atoms with E-state index < -0.39 is 0 Å². The molecule has 0 spiro atoms. The molecule has 4 nitrogen and oxygen atoms in total. The predicted molar refractivity (Wildman–Crippen MR) is 99.4 cm³/mol. The van der Waals surface area contributed by atoms with Crippen LogP contribution >= 0.6 is 0 Å². The van der Waals surface area contributed by atoms with Crippen molar-refractivity contribution in [2.75, 3.05) is 0 Å². The molecule has 0 saturated heterocycles. The van der Waals surface area contributed by atoms with Gasteiger partial charge in [-0.15, -0.1) is 0 Å². The molecule has 132 valence electrons. The van der Waals surface area contributed by atoms with Gasteiger partial charge in [-0.3, -0.25) is 0 Å². The number of halogens is 1. The number of pyridine rings is 2. The third-order valence-corrected chi connectivity index (χ3v) is 5.93. The van der Waals surface area contributed by atoms with Crippen molar-refractivity contribution in [1.29, 1.82) is 0 Å². The number of aryl methyl sites for hydroxylation is 4. The molecule has 4 aromatic heterocycles. The monoisotopic (exact) mass is 348 g/mol. The Balaban J connectivity index is 1.55. The zero-order chi connectivity index (χ0) is 18.2. The van der Waals surface area contributed by atoms with Gasteiger partial charge in [0.1, 0.15) is 17.1 Å². The van der Waals surface area contributed by atoms with Crippen LogP contribution in [0.1, 0.15) is 52.0 Å². The van der Waals surface area contributed by atoms with Crippen molar-refractivity contribution in [2.45, 2.75) is 46.0 Å². The number of nitrogens with zero attached hydrogens (tertiary/aromatic N) is 4. The van der Waals surface area contributed by atoms with Gasteiger partial charge < -0.3 is 8.80 Å². The third-order valence-electron chi connectivity index (χ3n) is 5.93. The first-order valence-corrected chi connectivity index (χ1v) is 9.04. The van der Waals surface area contributed by atoms with Gasteiger partial charge >= 0.3 is 0 Å². The standard InChI is InChI=1S/C21H21FN4/c1-11-5-8-26-14(4)19(24-21(26)12(11)2)16-9-15(16)18-10-25-7-6-17(22)13(3)20(25)23-18/h5-8,10,15-16H,9H2,1-4H3. The van der Waals surface area contributed by atoms with Gasteiger partial charge in [0.15, 0.2) is 0 Å². The quantitative estimate of drug-likeness (QED) is 0.529. The lowest BCUT2D eigenvalue weighted by atomic mass is 10.2. The maximum atomic E-state index is 13.8. The van der Waals surface area contributed by atoms with E-state index in [1.807, 2.05) is 10.6 Å². The molecule has 0 bridgehead atoms. The summed E-state index contributed by atoms with van der Waals surface area (Å²) in [4.78, 5) is 9.68. The molecular formula is C21H21FN4. The van der Waals surface area contributed by atoms with Crippen molar-refractivity contribution < 1.29 is 4.39 Å². The van der Waals surface area contributed by atoms with Crippen molar-refractivity contribution in [3.8, 4) is 0 Å². The first-order valence-electron chi connectivity index (χ1n) is 9.04. The summed E-state index contributed by atoms with van der Waals surface area (Å²) < 4.78 is 17.9. The molecule has 0 radical (unpaired) electrons. The van der Waals surface area contributed by atoms with Crippen LogP contribution < -0.4 is 0 Å². The van der Waals surface area contributed by atoms with E-state index in [0.717, 1.165) is 17.8 Å². The third kappa shape index (κ3) is 2.06. The van der Waals surface area contributed by atoms with Crippen molar-refractivity contribution in [1.82, 2.24) is 18.8 Å². The summed E-state index contributed by atoms with van der Waals surface area (Å²) >= 11 is 0. The fourth-order valence-corrected chi connectivity index (χ4v) is 4.00. The molecule has 5 rings (SSSR count). The van der Waals surface area contributed by atoms with Crippen LogP contribution in [-0.2, 0) is 0 Å². The number of hydrogen-bond acceptors (Lipinski definition) is 2. The van der Waals surface area contributed by atoms with E-state index in [9.17, 15) is 4.39 Å². The van der Waals surface area contributed by atoms with E-state index in [4.69, 9.17) is 9.97 Å². The van der Waals surface area contributed by atoms with E-state index in [2.05, 4.69) is 37.4 Å². The number of aromatic nitrogens is 4. The van der Waals surface area contributed by atoms with Crippen LogP contribution in [0.25, 0.3) is 11.3 Å². The minimum absolute atomic E-state index is 0.205. The van der Waals surface area contributed by atoms with Crippen molar-refractivity contribution in [3.05, 3.63) is 70.3 Å². The van der Waals surface area contributed by atoms with Gasteiger partial charge in [0.2, 0.25) is 0 Å². The lowest BCUT2D eigenvalue weighted by Gasteiger charge is -2.02. The zero-order valence-corrected chi connectivity index (χ0v) is 15.4. The molecule has 0 aromatic carbocycles. The SMILES string of the molecule is Cc1ccn2c(C)c(C3CC3c3cn4ccc(F)c(C)c4n3)nc2c1C. The highest BCUT2D eigenvalue weighted by Gasteiger charge is 2.44. The molecule has 2 unspecified atom stereocenters. The van der Waals surface area contributed by atoms with Crippen molar-refractivity contribution >= 4 is 11.3 Å². The minimum atomic E-state index is -0.205. The summed E-state index contributed by atoms with van der Waals surface area (Å²) in [5, 5.41) is 0. The summed E-state index contributed by atoms with van der Waals surface area (Å²) in [6.45, 7) is 8.17. The molecule has 1 aliphatic rings. The number of imidazole rings is 2. The molecule has 4 heterocycles. The Kier molecular flexibility index (Phi) is 3.09. The van der Waals surface area contributed by atoms with Gasteiger partial charge in [-0.2, -0.15) is 0 Å². The second-order valence-electron chi connectivity index (χ2n) is 7.53. The topological polar surface area (TPSA) is 34.6 Å². The molecule has 0 aliphatic heterocycles. The average Bonchev–Trinajstić information content (AvgIpc) is 3.17. The molecular weight excluding hydrogens is 327 g/mol. The molecule has 0 amide bonds. The summed E-state index contributed by atoms with van der Waals surface area (Å²) in [7, 11) is 0. The highest BCUT2D eigenvalue weighted by Crippen LogP contribution is 2.54. The summed E-state index contributed by atoms with van der Waals surface area (Å²) in [6.07, 6.45) is 6.94. The van der Waals surface area contributed by atoms with Gasteiger partial charge in [0.05, 0.1) is 11.4 Å². The summed E-state index contributed by atoms with van der Waals surface area (Å²) in [6, 6.07) is 3.64. The Morgan fingerprint density at radius 1 is 0.962 bits per heavy atom. The van der Waals surface area contributed by atoms with Crippen molar-refractivity contribution in [2.24, 2.45) is 0 Å². The van der Waals surface area contributed by atoms with E-state index in [-0.39, 0.29) is 5.82 Å². The first kappa shape index (κ1) is 15.6. The van der Waals surface area contributed by atoms with Crippen LogP contribution in [0.4, 0.5) is 4.39 Å². The van der Waals surface area contributed by atoms with Crippen LogP contribution in [0.3, 0.4) is 0 Å². The average molecular weight is 348 g/mol. The molecule has 26 heavy (non-hydrogen) atoms. The van der Waals surface area contributed by atoms with Gasteiger partial charge in [0.25, 0.3) is 0 Å². The Morgan fingerprint density at radius 2 is 1.77 bits per heavy atom. The van der Waals surface area contributed by atoms with Crippen LogP contribution in [0.5, 0.6) is 0 Å². The summed E-state index contributed by atoms with van der Waals surface area (Å²) in [5.41, 5.74) is 8.28. The molecule has 2 atom stereocenters. The fourth-order valence-electron chi connectivity index (χ4n) is 4.00. The Morgan fingerprint density at radius 3 is 2.58 bits per heavy atom. The molecule has 1 aliphatic carbocycles. The molecule has 1 saturated carbocycles. The smallest absolute Gasteiger partial charge is 0.142 e. The maximum Gasteiger partial charge on any atom is 0.142 e. The zero-order valence-electron chi connectivity index (χ0n) is 15.4. The normalized spacial score (nSPS) is 19.6. The van der Waals surface area contributed by atoms with Crippen LogP contribution in [0, 0.1) is 33.5 Å². The van der Waals surface area contributed by atoms with Crippen molar-refractivity contribution in [3.63, 3.8) is 0 Å². The van der Waals surface area contributed by atoms with Crippen LogP contribution in [-0.4, -0.2) is 18.8 Å². The number of hydrogen-bond donors (Lipinski definition) is 0. The first-order chi connectivity index (χ1) is 12.5. The number of rotatable bonds is 2. The lowest BCUT2D eigenvalue weighted by molar-refractivity contribution is 0.617. The highest BCUT2D eigenvalue weighted by atomic mass is 19.1. The molecule has 1 fully saturated rings. The highest BCUT2D eigenvalue weighted by molar-refractivity contribution is 5.55. The van der Waals surface area contributed by atoms with Crippen LogP contribution in [0.2, 0.25) is 0 Å². The van der Waals surface area contributed by atoms with Gasteiger partial charge in [-0.25, -0.2) is 14.4 Å². The lowest BCUT2D eigenvalue weighted by Crippen LogP contribution is -1.92. The Labute approximate surface area is 151 Å². The Bertz CT molecular complexity index is 1180. The second-order valence-corrected chi connectivity index (χ2v) is 7.53. The van der Waals surface area contributed by atoms with Gasteiger partial charge in [-0.05, 0) is 57.4 Å². The predicted octanol–water partition coefficient (Wildman–Crippen LogP) is 4.63. The van der Waals surface area contributed by atoms with Gasteiger partial charge in [0, 0.05) is 41.7 Å². The summed E-state index contributed by atoms with van der Waals surface area (Å²) in [5.74, 6) is 0.552. The fraction of sp³-hybridized carbons (Fsp3) is 0.333. The molecule has 4 aromatic rings. The maximum absolute atomic E-state index is 13.8. The van der Waals surface area contributed by atoms with E-state index in [1.165, 1.54) is 28.6 Å². The van der Waals surface area contributed by atoms with E-state index >= 15 is 0 Å². The Hall–Kier alpha value is -2.69. The number of fused-ring (bicyclic) bond motifs is 2. The van der Waals surface area contributed by atoms with E-state index in [0.29, 0.717) is 23.0 Å². The molecule has 0 N–H and O–H groups in total. The van der Waals surface area contributed by atoms with Crippen LogP contribution in [0.15, 0.2) is 30.7 Å². The second kappa shape index (κ2) is 5.16.